The Bertz CT molecular complexity index is 652. The van der Waals surface area contributed by atoms with Crippen LogP contribution >= 0.6 is 11.6 Å². The van der Waals surface area contributed by atoms with Gasteiger partial charge in [-0.1, -0.05) is 11.6 Å². The quantitative estimate of drug-likeness (QED) is 0.787. The first-order valence-corrected chi connectivity index (χ1v) is 8.06. The van der Waals surface area contributed by atoms with Crippen molar-refractivity contribution in [3.8, 4) is 0 Å². The summed E-state index contributed by atoms with van der Waals surface area (Å²) in [7, 11) is 1.71. The normalized spacial score (nSPS) is 31.0. The molecular formula is C15H18ClN5O2. The number of carbonyl (C=O) groups is 2. The van der Waals surface area contributed by atoms with Crippen molar-refractivity contribution >= 4 is 29.2 Å². The number of nitrogens with one attached hydrogen (secondary N) is 2. The molecule has 3 amide bonds. The number of imide groups is 1. The first kappa shape index (κ1) is 14.7. The van der Waals surface area contributed by atoms with Gasteiger partial charge in [-0.3, -0.25) is 20.3 Å². The van der Waals surface area contributed by atoms with Gasteiger partial charge in [-0.15, -0.1) is 0 Å². The van der Waals surface area contributed by atoms with Crippen LogP contribution in [-0.2, 0) is 4.79 Å². The molecule has 3 aliphatic rings. The fourth-order valence-electron chi connectivity index (χ4n) is 3.66. The highest BCUT2D eigenvalue weighted by molar-refractivity contribution is 6.30. The molecule has 2 N–H and O–H groups in total. The van der Waals surface area contributed by atoms with Gasteiger partial charge in [-0.25, -0.2) is 4.79 Å². The number of urea groups is 1. The predicted octanol–water partition coefficient (Wildman–Crippen LogP) is 0.615. The third kappa shape index (κ3) is 2.27. The second-order valence-corrected chi connectivity index (χ2v) is 6.53. The van der Waals surface area contributed by atoms with Crippen LogP contribution < -0.4 is 15.5 Å². The number of hydrogen-bond donors (Lipinski definition) is 2. The van der Waals surface area contributed by atoms with Gasteiger partial charge in [0.25, 0.3) is 0 Å². The van der Waals surface area contributed by atoms with E-state index in [0.29, 0.717) is 5.02 Å². The van der Waals surface area contributed by atoms with Crippen LogP contribution in [0.3, 0.4) is 0 Å². The molecule has 1 aromatic rings. The molecule has 3 heterocycles. The number of nitrogens with zero attached hydrogens (tertiary/aromatic N) is 3. The number of benzene rings is 1. The van der Waals surface area contributed by atoms with Crippen molar-refractivity contribution in [3.05, 3.63) is 29.3 Å². The van der Waals surface area contributed by atoms with E-state index in [1.807, 2.05) is 24.3 Å². The van der Waals surface area contributed by atoms with Crippen molar-refractivity contribution in [2.75, 3.05) is 25.0 Å². The molecule has 0 spiro atoms. The van der Waals surface area contributed by atoms with Gasteiger partial charge < -0.3 is 9.80 Å². The number of rotatable bonds is 1. The van der Waals surface area contributed by atoms with Crippen molar-refractivity contribution in [1.29, 1.82) is 0 Å². The zero-order valence-corrected chi connectivity index (χ0v) is 13.5. The van der Waals surface area contributed by atoms with Crippen LogP contribution in [0.5, 0.6) is 0 Å². The van der Waals surface area contributed by atoms with Gasteiger partial charge in [0.2, 0.25) is 5.91 Å². The maximum Gasteiger partial charge on any atom is 0.325 e. The maximum atomic E-state index is 12.3. The minimum Gasteiger partial charge on any atom is -0.343 e. The number of amides is 3. The fraction of sp³-hybridized carbons (Fsp3) is 0.467. The predicted molar refractivity (Wildman–Crippen MR) is 85.9 cm³/mol. The topological polar surface area (TPSA) is 67.9 Å². The molecule has 23 heavy (non-hydrogen) atoms. The Morgan fingerprint density at radius 1 is 1.17 bits per heavy atom. The molecule has 122 valence electrons. The molecule has 1 aromatic carbocycles. The van der Waals surface area contributed by atoms with E-state index in [0.717, 1.165) is 25.2 Å². The van der Waals surface area contributed by atoms with Crippen LogP contribution in [0.25, 0.3) is 0 Å². The van der Waals surface area contributed by atoms with Crippen LogP contribution in [-0.4, -0.2) is 60.4 Å². The largest absolute Gasteiger partial charge is 0.343 e. The summed E-state index contributed by atoms with van der Waals surface area (Å²) in [6, 6.07) is 6.95. The number of anilines is 1. The fourth-order valence-corrected chi connectivity index (χ4v) is 3.79. The van der Waals surface area contributed by atoms with Crippen molar-refractivity contribution in [2.45, 2.75) is 24.9 Å². The Kier molecular flexibility index (Phi) is 3.44. The van der Waals surface area contributed by atoms with E-state index >= 15 is 0 Å². The van der Waals surface area contributed by atoms with Crippen molar-refractivity contribution in [2.24, 2.45) is 0 Å². The van der Waals surface area contributed by atoms with Crippen molar-refractivity contribution < 1.29 is 9.59 Å². The molecule has 3 atom stereocenters. The van der Waals surface area contributed by atoms with E-state index in [2.05, 4.69) is 20.4 Å². The molecule has 0 aliphatic carbocycles. The third-order valence-corrected chi connectivity index (χ3v) is 5.05. The molecule has 0 aromatic heterocycles. The summed E-state index contributed by atoms with van der Waals surface area (Å²) < 4.78 is 0. The third-order valence-electron chi connectivity index (χ3n) is 4.80. The van der Waals surface area contributed by atoms with E-state index in [1.54, 1.807) is 11.9 Å². The molecule has 3 saturated heterocycles. The number of halogens is 1. The number of hydrogen-bond acceptors (Lipinski definition) is 5. The molecule has 3 unspecified atom stereocenters. The number of fused-ring (bicyclic) bond motifs is 3. The summed E-state index contributed by atoms with van der Waals surface area (Å²) in [5, 5.41) is 6.55. The average Bonchev–Trinajstić information content (AvgIpc) is 2.93. The Morgan fingerprint density at radius 2 is 1.91 bits per heavy atom. The second kappa shape index (κ2) is 5.36. The molecule has 0 bridgehead atoms. The molecule has 0 saturated carbocycles. The van der Waals surface area contributed by atoms with Crippen LogP contribution in [0.2, 0.25) is 5.02 Å². The number of carbonyl (C=O) groups excluding carboxylic acids is 2. The van der Waals surface area contributed by atoms with Crippen molar-refractivity contribution in [1.82, 2.24) is 20.4 Å². The van der Waals surface area contributed by atoms with E-state index in [9.17, 15) is 9.59 Å². The minimum atomic E-state index is -0.363. The highest BCUT2D eigenvalue weighted by Gasteiger charge is 2.53. The van der Waals surface area contributed by atoms with E-state index in [1.165, 1.54) is 0 Å². The van der Waals surface area contributed by atoms with Gasteiger partial charge in [0.05, 0.1) is 0 Å². The molecule has 7 nitrogen and oxygen atoms in total. The standard InChI is InChI=1S/C15H18ClN5O2/c1-19-12-11(13(22)18-15(19)23)21-8-2-7-20(14(21)17-12)10-5-3-9(16)4-6-10/h3-6,11-12,14,17H,2,7-8H2,1H3,(H,18,22,23). The van der Waals surface area contributed by atoms with Gasteiger partial charge in [0.15, 0.2) is 0 Å². The maximum absolute atomic E-state index is 12.3. The van der Waals surface area contributed by atoms with Crippen LogP contribution in [0, 0.1) is 0 Å². The summed E-state index contributed by atoms with van der Waals surface area (Å²) in [5.41, 5.74) is 1.05. The summed E-state index contributed by atoms with van der Waals surface area (Å²) in [6.07, 6.45) is 0.530. The highest BCUT2D eigenvalue weighted by atomic mass is 35.5. The molecule has 4 rings (SSSR count). The Hall–Kier alpha value is -1.83. The lowest BCUT2D eigenvalue weighted by molar-refractivity contribution is -0.128. The summed E-state index contributed by atoms with van der Waals surface area (Å²) in [5.74, 6) is -0.231. The molecule has 3 fully saturated rings. The Labute approximate surface area is 139 Å². The zero-order valence-electron chi connectivity index (χ0n) is 12.7. The van der Waals surface area contributed by atoms with Crippen LogP contribution in [0.1, 0.15) is 6.42 Å². The molecule has 3 aliphatic heterocycles. The smallest absolute Gasteiger partial charge is 0.325 e. The minimum absolute atomic E-state index is 0.112. The first-order valence-electron chi connectivity index (χ1n) is 7.68. The second-order valence-electron chi connectivity index (χ2n) is 6.10. The lowest BCUT2D eigenvalue weighted by atomic mass is 10.1. The highest BCUT2D eigenvalue weighted by Crippen LogP contribution is 2.31. The first-order chi connectivity index (χ1) is 11.1. The van der Waals surface area contributed by atoms with Crippen LogP contribution in [0.4, 0.5) is 10.5 Å². The van der Waals surface area contributed by atoms with E-state index in [-0.39, 0.29) is 30.4 Å². The molecule has 0 radical (unpaired) electrons. The summed E-state index contributed by atoms with van der Waals surface area (Å²) in [6.45, 7) is 1.70. The number of likely N-dealkylation sites (N-methyl/N-ethyl adjacent to an activating group) is 1. The molecular weight excluding hydrogens is 318 g/mol. The van der Waals surface area contributed by atoms with E-state index < -0.39 is 0 Å². The SMILES string of the molecule is CN1C(=O)NC(=O)C2C1NC1N(c3ccc(Cl)cc3)CCCN21. The summed E-state index contributed by atoms with van der Waals surface area (Å²) >= 11 is 5.97. The van der Waals surface area contributed by atoms with Gasteiger partial charge >= 0.3 is 6.03 Å². The van der Waals surface area contributed by atoms with Crippen molar-refractivity contribution in [3.63, 3.8) is 0 Å². The Balaban J connectivity index is 1.66. The summed E-state index contributed by atoms with van der Waals surface area (Å²) in [4.78, 5) is 30.0. The van der Waals surface area contributed by atoms with Gasteiger partial charge in [-0.2, -0.15) is 0 Å². The zero-order chi connectivity index (χ0) is 16.1. The average molecular weight is 336 g/mol. The molecule has 8 heteroatoms. The lowest BCUT2D eigenvalue weighted by Crippen LogP contribution is -2.65. The van der Waals surface area contributed by atoms with E-state index in [4.69, 9.17) is 11.6 Å². The lowest BCUT2D eigenvalue weighted by Gasteiger charge is -2.42. The van der Waals surface area contributed by atoms with Gasteiger partial charge in [0, 0.05) is 30.8 Å². The van der Waals surface area contributed by atoms with Gasteiger partial charge in [-0.05, 0) is 30.7 Å². The monoisotopic (exact) mass is 335 g/mol. The van der Waals surface area contributed by atoms with Crippen LogP contribution in [0.15, 0.2) is 24.3 Å². The van der Waals surface area contributed by atoms with Gasteiger partial charge in [0.1, 0.15) is 18.5 Å². The Morgan fingerprint density at radius 3 is 2.65 bits per heavy atom.